The zero-order valence-electron chi connectivity index (χ0n) is 8.26. The summed E-state index contributed by atoms with van der Waals surface area (Å²) >= 11 is 0. The Morgan fingerprint density at radius 2 is 2.15 bits per heavy atom. The van der Waals surface area contributed by atoms with Crippen LogP contribution in [0.3, 0.4) is 0 Å². The molecule has 2 aromatic heterocycles. The van der Waals surface area contributed by atoms with Crippen molar-refractivity contribution in [2.45, 2.75) is 26.2 Å². The molecule has 1 N–H and O–H groups in total. The van der Waals surface area contributed by atoms with Gasteiger partial charge in [0, 0.05) is 0 Å². The second-order valence-corrected chi connectivity index (χ2v) is 4.35. The Bertz CT molecular complexity index is 393. The molecule has 2 rings (SSSR count). The Morgan fingerprint density at radius 1 is 1.38 bits per heavy atom. The van der Waals surface area contributed by atoms with Gasteiger partial charge in [-0.2, -0.15) is 0 Å². The first-order valence-corrected chi connectivity index (χ1v) is 4.52. The molecule has 2 nitrogen and oxygen atoms in total. The molecule has 0 aromatic carbocycles. The maximum absolute atomic E-state index is 4.53. The molecule has 0 amide bonds. The standard InChI is InChI=1S/C10H13BN2/c1-10(2,3)9-12-7-5-4-6-11-8(7)13-9/h4-6H,1-3H3,(H,12,13). The van der Waals surface area contributed by atoms with Crippen molar-refractivity contribution in [3.63, 3.8) is 0 Å². The van der Waals surface area contributed by atoms with Gasteiger partial charge < -0.3 is 0 Å². The molecule has 0 spiro atoms. The van der Waals surface area contributed by atoms with Gasteiger partial charge in [0.05, 0.1) is 0 Å². The fourth-order valence-corrected chi connectivity index (χ4v) is 1.31. The molecule has 0 aliphatic heterocycles. The molecule has 0 saturated carbocycles. The van der Waals surface area contributed by atoms with E-state index in [1.165, 1.54) is 0 Å². The second kappa shape index (κ2) is 2.69. The summed E-state index contributed by atoms with van der Waals surface area (Å²) in [5.74, 6) is 3.07. The van der Waals surface area contributed by atoms with Crippen molar-refractivity contribution in [2.75, 3.05) is 0 Å². The van der Waals surface area contributed by atoms with E-state index in [9.17, 15) is 0 Å². The average Bonchev–Trinajstić information content (AvgIpc) is 2.45. The summed E-state index contributed by atoms with van der Waals surface area (Å²) < 4.78 is 0. The molecule has 0 radical (unpaired) electrons. The Kier molecular flexibility index (Phi) is 1.75. The van der Waals surface area contributed by atoms with Crippen molar-refractivity contribution >= 4 is 17.8 Å². The van der Waals surface area contributed by atoms with E-state index in [1.54, 1.807) is 0 Å². The fraction of sp³-hybridized carbons (Fsp3) is 0.400. The van der Waals surface area contributed by atoms with Crippen molar-refractivity contribution in [2.24, 2.45) is 0 Å². The third-order valence-corrected chi connectivity index (χ3v) is 2.10. The van der Waals surface area contributed by atoms with Crippen LogP contribution in [-0.2, 0) is 5.41 Å². The Labute approximate surface area is 78.6 Å². The number of fused-ring (bicyclic) bond motifs is 1. The van der Waals surface area contributed by atoms with Crippen LogP contribution in [0.2, 0.25) is 0 Å². The third kappa shape index (κ3) is 1.51. The summed E-state index contributed by atoms with van der Waals surface area (Å²) in [6.07, 6.45) is 0. The minimum absolute atomic E-state index is 0.0962. The Morgan fingerprint density at radius 3 is 2.77 bits per heavy atom. The van der Waals surface area contributed by atoms with Crippen LogP contribution in [0.1, 0.15) is 26.6 Å². The molecule has 3 heteroatoms. The second-order valence-electron chi connectivity index (χ2n) is 4.35. The van der Waals surface area contributed by atoms with Gasteiger partial charge in [-0.3, -0.25) is 0 Å². The predicted octanol–water partition coefficient (Wildman–Crippen LogP) is 2.20. The van der Waals surface area contributed by atoms with Crippen LogP contribution < -0.4 is 0 Å². The van der Waals surface area contributed by atoms with E-state index in [-0.39, 0.29) is 5.41 Å². The van der Waals surface area contributed by atoms with E-state index >= 15 is 0 Å². The minimum atomic E-state index is 0.0962. The molecule has 0 bridgehead atoms. The third-order valence-electron chi connectivity index (χ3n) is 2.10. The topological polar surface area (TPSA) is 28.7 Å². The number of nitrogens with zero attached hydrogens (tertiary/aromatic N) is 1. The molecule has 0 aliphatic rings. The first-order valence-electron chi connectivity index (χ1n) is 4.52. The molecule has 0 saturated heterocycles. The number of hydrogen-bond donors (Lipinski definition) is 1. The van der Waals surface area contributed by atoms with Crippen molar-refractivity contribution in [1.29, 1.82) is 0 Å². The molecule has 0 aliphatic carbocycles. The molecule has 0 unspecified atom stereocenters. The number of aromatic amines is 1. The van der Waals surface area contributed by atoms with Gasteiger partial charge in [0.1, 0.15) is 0 Å². The zero-order valence-corrected chi connectivity index (χ0v) is 8.26. The van der Waals surface area contributed by atoms with Crippen LogP contribution in [0, 0.1) is 0 Å². The summed E-state index contributed by atoms with van der Waals surface area (Å²) in [6, 6.07) is 4.04. The predicted molar refractivity (Wildman–Crippen MR) is 56.1 cm³/mol. The van der Waals surface area contributed by atoms with Gasteiger partial charge >= 0.3 is 77.9 Å². The maximum atomic E-state index is 4.53. The molecule has 2 aromatic rings. The Hall–Kier alpha value is -1.12. The summed E-state index contributed by atoms with van der Waals surface area (Å²) in [5.41, 5.74) is 2.26. The molecule has 0 fully saturated rings. The zero-order chi connectivity index (χ0) is 9.47. The molecular formula is C10H13BN2. The summed E-state index contributed by atoms with van der Waals surface area (Å²) in [5, 5.41) is 0. The van der Waals surface area contributed by atoms with E-state index in [4.69, 9.17) is 0 Å². The van der Waals surface area contributed by atoms with Gasteiger partial charge in [0.2, 0.25) is 0 Å². The molecule has 2 heterocycles. The molecule has 0 atom stereocenters. The monoisotopic (exact) mass is 172 g/mol. The van der Waals surface area contributed by atoms with E-state index in [0.717, 1.165) is 16.8 Å². The van der Waals surface area contributed by atoms with E-state index in [2.05, 4.69) is 37.6 Å². The van der Waals surface area contributed by atoms with Crippen LogP contribution in [-0.4, -0.2) is 16.9 Å². The molecule has 66 valence electrons. The van der Waals surface area contributed by atoms with Gasteiger partial charge in [-0.05, 0) is 0 Å². The summed E-state index contributed by atoms with van der Waals surface area (Å²) in [6.45, 7) is 8.53. The van der Waals surface area contributed by atoms with Gasteiger partial charge in [0.15, 0.2) is 0 Å². The molecular weight excluding hydrogens is 159 g/mol. The van der Waals surface area contributed by atoms with E-state index in [0.29, 0.717) is 0 Å². The van der Waals surface area contributed by atoms with Crippen LogP contribution in [0.15, 0.2) is 18.1 Å². The number of hydrogen-bond acceptors (Lipinski definition) is 1. The SMILES string of the molecule is CC(C)(C)c1nc2cccbc2[nH]1. The van der Waals surface area contributed by atoms with Crippen LogP contribution >= 0.6 is 0 Å². The number of nitrogens with one attached hydrogen (secondary N) is 1. The van der Waals surface area contributed by atoms with Crippen molar-refractivity contribution in [3.8, 4) is 0 Å². The first kappa shape index (κ1) is 8.48. The van der Waals surface area contributed by atoms with Gasteiger partial charge in [-0.25, -0.2) is 0 Å². The summed E-state index contributed by atoms with van der Waals surface area (Å²) in [4.78, 5) is 7.85. The van der Waals surface area contributed by atoms with Gasteiger partial charge in [-0.1, -0.05) is 0 Å². The summed E-state index contributed by atoms with van der Waals surface area (Å²) in [7, 11) is 0. The first-order chi connectivity index (χ1) is 6.07. The van der Waals surface area contributed by atoms with Crippen LogP contribution in [0.4, 0.5) is 0 Å². The van der Waals surface area contributed by atoms with Crippen LogP contribution in [0.5, 0.6) is 0 Å². The number of imidazole rings is 1. The quantitative estimate of drug-likeness (QED) is 0.648. The Balaban J connectivity index is 2.63. The van der Waals surface area contributed by atoms with Gasteiger partial charge in [0.25, 0.3) is 0 Å². The average molecular weight is 172 g/mol. The van der Waals surface area contributed by atoms with E-state index in [1.807, 2.05) is 18.1 Å². The van der Waals surface area contributed by atoms with E-state index < -0.39 is 0 Å². The normalized spacial score (nSPS) is 11.9. The van der Waals surface area contributed by atoms with Crippen LogP contribution in [0.25, 0.3) is 10.9 Å². The number of aromatic nitrogens is 2. The van der Waals surface area contributed by atoms with Crippen molar-refractivity contribution < 1.29 is 0 Å². The van der Waals surface area contributed by atoms with Gasteiger partial charge in [-0.15, -0.1) is 0 Å². The molecule has 13 heavy (non-hydrogen) atoms. The fourth-order valence-electron chi connectivity index (χ4n) is 1.31. The number of rotatable bonds is 0. The number of H-pyrrole nitrogens is 1. The van der Waals surface area contributed by atoms with Crippen molar-refractivity contribution in [1.82, 2.24) is 9.97 Å². The van der Waals surface area contributed by atoms with Crippen molar-refractivity contribution in [3.05, 3.63) is 23.9 Å².